The van der Waals surface area contributed by atoms with E-state index in [0.29, 0.717) is 0 Å². The maximum atomic E-state index is 8.74. The Kier molecular flexibility index (Phi) is 21.9. The van der Waals surface area contributed by atoms with Crippen molar-refractivity contribution in [2.75, 3.05) is 0 Å². The summed E-state index contributed by atoms with van der Waals surface area (Å²) >= 11 is 0. The number of hydrogen-bond acceptors (Lipinski definition) is 3. The van der Waals surface area contributed by atoms with E-state index in [9.17, 15) is 0 Å². The molecule has 0 aromatic carbocycles. The fourth-order valence-corrected chi connectivity index (χ4v) is 0. The van der Waals surface area contributed by atoms with Crippen molar-refractivity contribution in [1.82, 2.24) is 6.15 Å². The summed E-state index contributed by atoms with van der Waals surface area (Å²) in [6.07, 6.45) is 0. The summed E-state index contributed by atoms with van der Waals surface area (Å²) in [7, 11) is -4.67. The molecule has 48 valence electrons. The molecule has 0 aliphatic rings. The van der Waals surface area contributed by atoms with Crippen LogP contribution in [0.1, 0.15) is 0 Å². The van der Waals surface area contributed by atoms with Crippen LogP contribution in [-0.4, -0.2) is 34.9 Å². The van der Waals surface area contributed by atoms with Crippen molar-refractivity contribution >= 4 is 27.8 Å². The van der Waals surface area contributed by atoms with Gasteiger partial charge >= 0.3 is 27.8 Å². The Morgan fingerprint density at radius 3 is 1.12 bits per heavy atom. The van der Waals surface area contributed by atoms with E-state index in [0.717, 1.165) is 0 Å². The van der Waals surface area contributed by atoms with Gasteiger partial charge in [0.25, 0.3) is 0 Å². The minimum Gasteiger partial charge on any atom is -2.00 e. The Morgan fingerprint density at radius 1 is 1.12 bits per heavy atom. The molecule has 0 fully saturated rings. The smallest absolute Gasteiger partial charge is 2.00 e. The van der Waals surface area contributed by atoms with E-state index < -0.39 is 10.4 Å². The molecule has 0 atom stereocenters. The second-order valence-electron chi connectivity index (χ2n) is 0.448. The standard InChI is InChI=1S/Al.H3N.H2O4S.O/c;;1-5(2,3)4;/h;1H3;(H2,1,2,3,4);/q+3;;;-2. The van der Waals surface area contributed by atoms with Gasteiger partial charge in [0.1, 0.15) is 0 Å². The first-order valence-corrected chi connectivity index (χ1v) is 2.10. The van der Waals surface area contributed by atoms with Crippen LogP contribution in [0, 0.1) is 0 Å². The molecular formula is H5AlNO5S+. The fraction of sp³-hybridized carbons (Fsp3) is 0. The van der Waals surface area contributed by atoms with Crippen molar-refractivity contribution in [3.05, 3.63) is 0 Å². The maximum Gasteiger partial charge on any atom is 3.00 e. The van der Waals surface area contributed by atoms with Crippen LogP contribution in [0.2, 0.25) is 0 Å². The number of hydrogen-bond donors (Lipinski definition) is 3. The zero-order valence-corrected chi connectivity index (χ0v) is 5.78. The second-order valence-corrected chi connectivity index (χ2v) is 1.34. The Bertz CT molecular complexity index is 95.6. The van der Waals surface area contributed by atoms with Crippen molar-refractivity contribution in [3.63, 3.8) is 0 Å². The second kappa shape index (κ2) is 7.32. The predicted octanol–water partition coefficient (Wildman–Crippen LogP) is -0.990. The van der Waals surface area contributed by atoms with Gasteiger partial charge in [-0.2, -0.15) is 8.42 Å². The van der Waals surface area contributed by atoms with Gasteiger partial charge in [0.2, 0.25) is 0 Å². The first-order chi connectivity index (χ1) is 2.00. The molecule has 0 unspecified atom stereocenters. The van der Waals surface area contributed by atoms with Gasteiger partial charge in [-0.05, 0) is 0 Å². The van der Waals surface area contributed by atoms with E-state index in [1.807, 2.05) is 0 Å². The molecule has 0 heterocycles. The van der Waals surface area contributed by atoms with Gasteiger partial charge in [0, 0.05) is 0 Å². The molecule has 0 radical (unpaired) electrons. The van der Waals surface area contributed by atoms with Crippen LogP contribution in [0.15, 0.2) is 0 Å². The van der Waals surface area contributed by atoms with Crippen LogP contribution in [0.4, 0.5) is 0 Å². The van der Waals surface area contributed by atoms with Crippen molar-refractivity contribution in [2.45, 2.75) is 0 Å². The minimum absolute atomic E-state index is 0. The summed E-state index contributed by atoms with van der Waals surface area (Å²) in [5.41, 5.74) is 0. The van der Waals surface area contributed by atoms with Crippen molar-refractivity contribution in [3.8, 4) is 0 Å². The summed E-state index contributed by atoms with van der Waals surface area (Å²) in [6.45, 7) is 0. The summed E-state index contributed by atoms with van der Waals surface area (Å²) in [5.74, 6) is 0. The monoisotopic (exact) mass is 158 g/mol. The first kappa shape index (κ1) is 23.9. The molecule has 0 saturated carbocycles. The first-order valence-electron chi connectivity index (χ1n) is 0.698. The van der Waals surface area contributed by atoms with Crippen LogP contribution in [0.3, 0.4) is 0 Å². The largest absolute Gasteiger partial charge is 3.00 e. The van der Waals surface area contributed by atoms with Crippen LogP contribution in [0.5, 0.6) is 0 Å². The molecular weight excluding hydrogens is 153 g/mol. The van der Waals surface area contributed by atoms with Crippen LogP contribution >= 0.6 is 0 Å². The summed E-state index contributed by atoms with van der Waals surface area (Å²) in [6, 6.07) is 0. The van der Waals surface area contributed by atoms with Crippen LogP contribution in [-0.2, 0) is 15.9 Å². The molecule has 0 amide bonds. The SMILES string of the molecule is N.O=S(=O)(O)O.[Al+3].[O-2]. The third kappa shape index (κ3) is 1720. The normalized spacial score (nSPS) is 7.25. The van der Waals surface area contributed by atoms with E-state index in [2.05, 4.69) is 0 Å². The predicted molar refractivity (Wildman–Crippen MR) is 25.6 cm³/mol. The van der Waals surface area contributed by atoms with Gasteiger partial charge < -0.3 is 11.6 Å². The average molecular weight is 158 g/mol. The number of rotatable bonds is 0. The van der Waals surface area contributed by atoms with Gasteiger partial charge in [-0.3, -0.25) is 9.11 Å². The van der Waals surface area contributed by atoms with Crippen molar-refractivity contribution in [1.29, 1.82) is 0 Å². The molecule has 8 heteroatoms. The van der Waals surface area contributed by atoms with Crippen molar-refractivity contribution < 1.29 is 23.0 Å². The van der Waals surface area contributed by atoms with E-state index in [-0.39, 0.29) is 29.0 Å². The summed E-state index contributed by atoms with van der Waals surface area (Å²) in [5, 5.41) is 0. The Hall–Kier alpha value is 0.322. The van der Waals surface area contributed by atoms with E-state index >= 15 is 0 Å². The van der Waals surface area contributed by atoms with Gasteiger partial charge in [0.15, 0.2) is 0 Å². The summed E-state index contributed by atoms with van der Waals surface area (Å²) < 4.78 is 31.6. The maximum absolute atomic E-state index is 8.74. The minimum atomic E-state index is -4.67. The molecule has 0 aromatic heterocycles. The van der Waals surface area contributed by atoms with Gasteiger partial charge in [-0.1, -0.05) is 0 Å². The Labute approximate surface area is 57.5 Å². The van der Waals surface area contributed by atoms with E-state index in [1.54, 1.807) is 0 Å². The molecule has 0 saturated heterocycles. The van der Waals surface area contributed by atoms with E-state index in [4.69, 9.17) is 17.5 Å². The molecule has 0 aliphatic carbocycles. The van der Waals surface area contributed by atoms with E-state index in [1.165, 1.54) is 0 Å². The van der Waals surface area contributed by atoms with Gasteiger partial charge in [0.05, 0.1) is 0 Å². The topological polar surface area (TPSA) is 138 Å². The Balaban J connectivity index is -0.0000000267. The quantitative estimate of drug-likeness (QED) is 0.307. The van der Waals surface area contributed by atoms with Gasteiger partial charge in [-0.15, -0.1) is 0 Å². The average Bonchev–Trinajstić information content (AvgIpc) is 0.722. The zero-order chi connectivity index (χ0) is 4.50. The molecule has 6 nitrogen and oxygen atoms in total. The third-order valence-electron chi connectivity index (χ3n) is 0. The molecule has 8 heavy (non-hydrogen) atoms. The fourth-order valence-electron chi connectivity index (χ4n) is 0. The molecule has 5 N–H and O–H groups in total. The molecule has 0 bridgehead atoms. The van der Waals surface area contributed by atoms with Crippen LogP contribution in [0.25, 0.3) is 0 Å². The van der Waals surface area contributed by atoms with Crippen LogP contribution < -0.4 is 6.15 Å². The molecule has 0 rings (SSSR count). The Morgan fingerprint density at radius 2 is 1.12 bits per heavy atom. The molecule has 0 aliphatic heterocycles. The summed E-state index contributed by atoms with van der Waals surface area (Å²) in [4.78, 5) is 0. The zero-order valence-electron chi connectivity index (χ0n) is 3.81. The molecule has 0 aromatic rings. The van der Waals surface area contributed by atoms with Gasteiger partial charge in [-0.25, -0.2) is 0 Å². The third-order valence-corrected chi connectivity index (χ3v) is 0. The molecule has 0 spiro atoms. The van der Waals surface area contributed by atoms with Crippen molar-refractivity contribution in [2.24, 2.45) is 0 Å².